The first-order valence-electron chi connectivity index (χ1n) is 8.43. The van der Waals surface area contributed by atoms with E-state index in [1.807, 2.05) is 42.8 Å². The number of fused-ring (bicyclic) bond motifs is 1. The number of rotatable bonds is 3. The fraction of sp³-hybridized carbons (Fsp3) is 0.444. The van der Waals surface area contributed by atoms with E-state index in [-0.39, 0.29) is 0 Å². The van der Waals surface area contributed by atoms with Crippen LogP contribution in [0, 0.1) is 6.92 Å². The molecule has 24 heavy (non-hydrogen) atoms. The Morgan fingerprint density at radius 1 is 1.12 bits per heavy atom. The van der Waals surface area contributed by atoms with E-state index in [0.717, 1.165) is 36.1 Å². The van der Waals surface area contributed by atoms with Crippen LogP contribution in [0.3, 0.4) is 0 Å². The van der Waals surface area contributed by atoms with E-state index in [4.69, 9.17) is 0 Å². The topological polar surface area (TPSA) is 45.6 Å². The first-order chi connectivity index (χ1) is 11.5. The van der Waals surface area contributed by atoms with Gasteiger partial charge in [0.05, 0.1) is 0 Å². The number of aromatic nitrogens is 1. The highest BCUT2D eigenvalue weighted by atomic mass is 32.2. The van der Waals surface area contributed by atoms with Crippen LogP contribution in [0.1, 0.15) is 12.1 Å². The summed E-state index contributed by atoms with van der Waals surface area (Å²) in [5.41, 5.74) is 1.77. The summed E-state index contributed by atoms with van der Waals surface area (Å²) >= 11 is 0. The van der Waals surface area contributed by atoms with Crippen LogP contribution in [0.5, 0.6) is 0 Å². The van der Waals surface area contributed by atoms with Gasteiger partial charge >= 0.3 is 0 Å². The summed E-state index contributed by atoms with van der Waals surface area (Å²) in [4.78, 5) is 2.83. The minimum atomic E-state index is -3.47. The van der Waals surface area contributed by atoms with Crippen molar-refractivity contribution in [3.8, 4) is 0 Å². The number of aryl methyl sites for hydroxylation is 1. The summed E-state index contributed by atoms with van der Waals surface area (Å²) in [6.45, 7) is 4.96. The van der Waals surface area contributed by atoms with Crippen LogP contribution in [-0.2, 0) is 17.1 Å². The molecule has 4 rings (SSSR count). The quantitative estimate of drug-likeness (QED) is 0.801. The molecule has 1 atom stereocenters. The van der Waals surface area contributed by atoms with E-state index in [9.17, 15) is 8.42 Å². The van der Waals surface area contributed by atoms with Crippen LogP contribution in [0.15, 0.2) is 41.3 Å². The zero-order valence-corrected chi connectivity index (χ0v) is 15.0. The Morgan fingerprint density at radius 2 is 1.83 bits per heavy atom. The van der Waals surface area contributed by atoms with Gasteiger partial charge in [-0.15, -0.1) is 0 Å². The van der Waals surface area contributed by atoms with Gasteiger partial charge in [0.1, 0.15) is 4.90 Å². The molecule has 0 amide bonds. The molecule has 2 aliphatic rings. The van der Waals surface area contributed by atoms with Crippen molar-refractivity contribution in [3.05, 3.63) is 42.1 Å². The van der Waals surface area contributed by atoms with Gasteiger partial charge in [0.25, 0.3) is 0 Å². The third-order valence-corrected chi connectivity index (χ3v) is 7.47. The molecule has 0 aliphatic carbocycles. The molecule has 1 fully saturated rings. The van der Waals surface area contributed by atoms with Gasteiger partial charge in [0.2, 0.25) is 10.0 Å². The first-order valence-corrected chi connectivity index (χ1v) is 9.87. The van der Waals surface area contributed by atoms with Crippen molar-refractivity contribution in [2.24, 2.45) is 7.05 Å². The Bertz CT molecular complexity index is 906. The van der Waals surface area contributed by atoms with Crippen LogP contribution >= 0.6 is 0 Å². The lowest BCUT2D eigenvalue weighted by Gasteiger charge is -2.23. The van der Waals surface area contributed by atoms with E-state index < -0.39 is 10.0 Å². The Balaban J connectivity index is 1.70. The van der Waals surface area contributed by atoms with Crippen LogP contribution in [0.25, 0.3) is 10.9 Å². The van der Waals surface area contributed by atoms with Crippen molar-refractivity contribution >= 4 is 20.9 Å². The normalized spacial score (nSPS) is 22.8. The number of hydrogen-bond donors (Lipinski definition) is 0. The van der Waals surface area contributed by atoms with Gasteiger partial charge in [-0.05, 0) is 19.4 Å². The molecule has 0 saturated carbocycles. The van der Waals surface area contributed by atoms with Gasteiger partial charge in [-0.1, -0.05) is 30.4 Å². The van der Waals surface area contributed by atoms with E-state index in [2.05, 4.69) is 17.1 Å². The van der Waals surface area contributed by atoms with E-state index >= 15 is 0 Å². The predicted molar refractivity (Wildman–Crippen MR) is 95.5 cm³/mol. The van der Waals surface area contributed by atoms with Crippen molar-refractivity contribution in [1.82, 2.24) is 13.8 Å². The zero-order valence-electron chi connectivity index (χ0n) is 14.1. The van der Waals surface area contributed by atoms with Crippen molar-refractivity contribution in [2.75, 3.05) is 26.2 Å². The second kappa shape index (κ2) is 5.72. The van der Waals surface area contributed by atoms with Crippen molar-refractivity contribution < 1.29 is 8.42 Å². The standard InChI is InChI=1S/C18H23N3O2S/c1-14-18(16-7-3-4-8-17(16)19(14)2)24(22,23)21-12-9-15(13-21)20-10-5-6-11-20/h3-8,15H,9-13H2,1-2H3. The molecule has 2 aliphatic heterocycles. The largest absolute Gasteiger partial charge is 0.347 e. The summed E-state index contributed by atoms with van der Waals surface area (Å²) in [5, 5.41) is 0.823. The van der Waals surface area contributed by atoms with E-state index in [0.29, 0.717) is 24.0 Å². The Kier molecular flexibility index (Phi) is 3.78. The van der Waals surface area contributed by atoms with E-state index in [1.165, 1.54) is 0 Å². The maximum absolute atomic E-state index is 13.3. The summed E-state index contributed by atoms with van der Waals surface area (Å²) < 4.78 is 30.3. The summed E-state index contributed by atoms with van der Waals surface area (Å²) in [5.74, 6) is 0. The highest BCUT2D eigenvalue weighted by molar-refractivity contribution is 7.89. The smallest absolute Gasteiger partial charge is 0.245 e. The van der Waals surface area contributed by atoms with Gasteiger partial charge < -0.3 is 4.57 Å². The van der Waals surface area contributed by atoms with Gasteiger partial charge in [0.15, 0.2) is 0 Å². The lowest BCUT2D eigenvalue weighted by molar-refractivity contribution is 0.261. The molecular weight excluding hydrogens is 322 g/mol. The van der Waals surface area contributed by atoms with Gasteiger partial charge in [-0.2, -0.15) is 4.31 Å². The lowest BCUT2D eigenvalue weighted by atomic mass is 10.2. The minimum Gasteiger partial charge on any atom is -0.347 e. The van der Waals surface area contributed by atoms with E-state index in [1.54, 1.807) is 4.31 Å². The fourth-order valence-corrected chi connectivity index (χ4v) is 5.89. The number of benzene rings is 1. The molecule has 1 aromatic heterocycles. The molecule has 1 aromatic carbocycles. The average molecular weight is 345 g/mol. The minimum absolute atomic E-state index is 0.324. The summed E-state index contributed by atoms with van der Waals surface area (Å²) in [6, 6.07) is 8.07. The van der Waals surface area contributed by atoms with Crippen molar-refractivity contribution in [2.45, 2.75) is 24.3 Å². The first kappa shape index (κ1) is 15.9. The number of para-hydroxylation sites is 1. The third kappa shape index (κ3) is 2.32. The second-order valence-electron chi connectivity index (χ2n) is 6.72. The molecule has 0 N–H and O–H groups in total. The molecule has 6 heteroatoms. The molecule has 1 unspecified atom stereocenters. The molecule has 128 valence electrons. The van der Waals surface area contributed by atoms with Gasteiger partial charge in [-0.3, -0.25) is 4.90 Å². The maximum Gasteiger partial charge on any atom is 0.245 e. The molecule has 0 bridgehead atoms. The van der Waals surface area contributed by atoms with Crippen molar-refractivity contribution in [1.29, 1.82) is 0 Å². The zero-order chi connectivity index (χ0) is 16.9. The van der Waals surface area contributed by atoms with Gasteiger partial charge in [-0.25, -0.2) is 8.42 Å². The summed E-state index contributed by atoms with van der Waals surface area (Å²) in [6.07, 6.45) is 5.22. The molecule has 1 saturated heterocycles. The lowest BCUT2D eigenvalue weighted by Crippen LogP contribution is -2.37. The highest BCUT2D eigenvalue weighted by Crippen LogP contribution is 2.33. The molecule has 0 radical (unpaired) electrons. The van der Waals surface area contributed by atoms with Crippen molar-refractivity contribution in [3.63, 3.8) is 0 Å². The second-order valence-corrected chi connectivity index (χ2v) is 8.60. The van der Waals surface area contributed by atoms with Gasteiger partial charge in [0, 0.05) is 55.9 Å². The molecule has 3 heterocycles. The van der Waals surface area contributed by atoms with Crippen LogP contribution in [0.2, 0.25) is 0 Å². The van der Waals surface area contributed by atoms with Crippen LogP contribution in [0.4, 0.5) is 0 Å². The average Bonchev–Trinajstić information content (AvgIpc) is 3.28. The third-order valence-electron chi connectivity index (χ3n) is 5.43. The Hall–Kier alpha value is -1.63. The Morgan fingerprint density at radius 3 is 2.58 bits per heavy atom. The number of sulfonamides is 1. The maximum atomic E-state index is 13.3. The molecule has 5 nitrogen and oxygen atoms in total. The molecular formula is C18H23N3O2S. The highest BCUT2D eigenvalue weighted by Gasteiger charge is 2.37. The molecule has 0 spiro atoms. The molecule has 2 aromatic rings. The monoisotopic (exact) mass is 345 g/mol. The summed E-state index contributed by atoms with van der Waals surface area (Å²) in [7, 11) is -1.54. The Labute approximate surface area is 143 Å². The number of hydrogen-bond acceptors (Lipinski definition) is 3. The SMILES string of the molecule is Cc1c(S(=O)(=O)N2CCC(N3CC=CC3)C2)c2ccccc2n1C. The number of nitrogens with zero attached hydrogens (tertiary/aromatic N) is 3. The predicted octanol–water partition coefficient (Wildman–Crippen LogP) is 2.12. The fourth-order valence-electron chi connectivity index (χ4n) is 3.96. The van der Waals surface area contributed by atoms with Crippen LogP contribution in [-0.4, -0.2) is 54.4 Å². The van der Waals surface area contributed by atoms with Crippen LogP contribution < -0.4 is 0 Å².